The lowest BCUT2D eigenvalue weighted by Gasteiger charge is -2.04. The monoisotopic (exact) mass is 293 g/mol. The number of benzene rings is 1. The number of nitrogens with zero attached hydrogens (tertiary/aromatic N) is 2. The Morgan fingerprint density at radius 2 is 2.14 bits per heavy atom. The summed E-state index contributed by atoms with van der Waals surface area (Å²) in [4.78, 5) is 16.0. The van der Waals surface area contributed by atoms with E-state index in [2.05, 4.69) is 10.3 Å². The van der Waals surface area contributed by atoms with Gasteiger partial charge in [0.05, 0.1) is 7.11 Å². The Bertz CT molecular complexity index is 701. The maximum Gasteiger partial charge on any atom is 0.262 e. The molecule has 0 bridgehead atoms. The number of nitrogens with one attached hydrogen (secondary N) is 1. The summed E-state index contributed by atoms with van der Waals surface area (Å²) >= 11 is 0. The SMILES string of the molecule is COc1ccc(/C=C(\C#N)C(=O)NCc2cccnc2)cc1. The smallest absolute Gasteiger partial charge is 0.262 e. The summed E-state index contributed by atoms with van der Waals surface area (Å²) in [6.45, 7) is 0.328. The third kappa shape index (κ3) is 4.18. The second-order valence-electron chi connectivity index (χ2n) is 4.49. The first-order chi connectivity index (χ1) is 10.7. The molecule has 5 nitrogen and oxygen atoms in total. The number of methoxy groups -OCH3 is 1. The molecule has 0 saturated heterocycles. The Morgan fingerprint density at radius 1 is 1.36 bits per heavy atom. The Kier molecular flexibility index (Phi) is 5.27. The predicted octanol–water partition coefficient (Wildman–Crippen LogP) is 2.31. The van der Waals surface area contributed by atoms with Crippen molar-refractivity contribution in [2.24, 2.45) is 0 Å². The number of nitriles is 1. The van der Waals surface area contributed by atoms with E-state index in [0.29, 0.717) is 6.54 Å². The van der Waals surface area contributed by atoms with Gasteiger partial charge in [-0.25, -0.2) is 0 Å². The van der Waals surface area contributed by atoms with Crippen molar-refractivity contribution in [1.82, 2.24) is 10.3 Å². The maximum atomic E-state index is 12.0. The van der Waals surface area contributed by atoms with Crippen molar-refractivity contribution in [3.63, 3.8) is 0 Å². The first kappa shape index (κ1) is 15.3. The van der Waals surface area contributed by atoms with Crippen LogP contribution in [0.3, 0.4) is 0 Å². The summed E-state index contributed by atoms with van der Waals surface area (Å²) in [5.74, 6) is 0.304. The quantitative estimate of drug-likeness (QED) is 0.678. The molecule has 0 radical (unpaired) electrons. The second-order valence-corrected chi connectivity index (χ2v) is 4.49. The summed E-state index contributed by atoms with van der Waals surface area (Å²) in [6, 6.07) is 12.7. The summed E-state index contributed by atoms with van der Waals surface area (Å²) in [7, 11) is 1.58. The summed E-state index contributed by atoms with van der Waals surface area (Å²) in [6.07, 6.45) is 4.87. The average Bonchev–Trinajstić information content (AvgIpc) is 2.59. The fourth-order valence-electron chi connectivity index (χ4n) is 1.80. The number of pyridine rings is 1. The van der Waals surface area contributed by atoms with Crippen LogP contribution in [-0.2, 0) is 11.3 Å². The molecule has 1 amide bonds. The molecule has 0 aliphatic heterocycles. The van der Waals surface area contributed by atoms with Gasteiger partial charge in [0.2, 0.25) is 0 Å². The van der Waals surface area contributed by atoms with Crippen LogP contribution in [0.1, 0.15) is 11.1 Å². The van der Waals surface area contributed by atoms with Crippen molar-refractivity contribution in [2.45, 2.75) is 6.54 Å². The molecule has 5 heteroatoms. The predicted molar refractivity (Wildman–Crippen MR) is 82.7 cm³/mol. The van der Waals surface area contributed by atoms with E-state index in [1.54, 1.807) is 49.8 Å². The highest BCUT2D eigenvalue weighted by Crippen LogP contribution is 2.14. The molecule has 0 unspecified atom stereocenters. The van der Waals surface area contributed by atoms with E-state index in [1.165, 1.54) is 6.08 Å². The van der Waals surface area contributed by atoms with Crippen molar-refractivity contribution in [3.05, 3.63) is 65.5 Å². The van der Waals surface area contributed by atoms with Crippen molar-refractivity contribution >= 4 is 12.0 Å². The summed E-state index contributed by atoms with van der Waals surface area (Å²) in [5.41, 5.74) is 1.68. The molecule has 0 fully saturated rings. The summed E-state index contributed by atoms with van der Waals surface area (Å²) < 4.78 is 5.06. The molecule has 22 heavy (non-hydrogen) atoms. The Morgan fingerprint density at radius 3 is 2.73 bits per heavy atom. The van der Waals surface area contributed by atoms with Crippen molar-refractivity contribution in [2.75, 3.05) is 7.11 Å². The molecule has 110 valence electrons. The lowest BCUT2D eigenvalue weighted by atomic mass is 10.1. The Balaban J connectivity index is 2.04. The van der Waals surface area contributed by atoms with Crippen LogP contribution in [0, 0.1) is 11.3 Å². The lowest BCUT2D eigenvalue weighted by molar-refractivity contribution is -0.117. The molecule has 1 N–H and O–H groups in total. The van der Waals surface area contributed by atoms with Crippen molar-refractivity contribution in [3.8, 4) is 11.8 Å². The molecule has 1 heterocycles. The number of rotatable bonds is 5. The van der Waals surface area contributed by atoms with E-state index in [4.69, 9.17) is 10.00 Å². The Hall–Kier alpha value is -3.13. The van der Waals surface area contributed by atoms with Gasteiger partial charge in [0.15, 0.2) is 0 Å². The molecule has 0 spiro atoms. The molecule has 0 aliphatic carbocycles. The molecule has 0 saturated carbocycles. The topological polar surface area (TPSA) is 75.0 Å². The third-order valence-electron chi connectivity index (χ3n) is 2.97. The molecular weight excluding hydrogens is 278 g/mol. The minimum absolute atomic E-state index is 0.0501. The zero-order chi connectivity index (χ0) is 15.8. The number of ether oxygens (including phenoxy) is 1. The van der Waals surface area contributed by atoms with Gasteiger partial charge in [0.1, 0.15) is 17.4 Å². The van der Waals surface area contributed by atoms with Gasteiger partial charge in [-0.1, -0.05) is 18.2 Å². The number of hydrogen-bond donors (Lipinski definition) is 1. The van der Waals surface area contributed by atoms with Gasteiger partial charge < -0.3 is 10.1 Å². The zero-order valence-electron chi connectivity index (χ0n) is 12.1. The molecule has 1 aromatic heterocycles. The number of carbonyl (C=O) groups is 1. The average molecular weight is 293 g/mol. The van der Waals surface area contributed by atoms with Gasteiger partial charge in [0.25, 0.3) is 5.91 Å². The summed E-state index contributed by atoms with van der Waals surface area (Å²) in [5, 5.41) is 11.8. The van der Waals surface area contributed by atoms with Crippen LogP contribution in [0.4, 0.5) is 0 Å². The van der Waals surface area contributed by atoms with Crippen LogP contribution in [0.2, 0.25) is 0 Å². The minimum Gasteiger partial charge on any atom is -0.497 e. The van der Waals surface area contributed by atoms with Gasteiger partial charge in [-0.3, -0.25) is 9.78 Å². The second kappa shape index (κ2) is 7.60. The van der Waals surface area contributed by atoms with E-state index in [0.717, 1.165) is 16.9 Å². The van der Waals surface area contributed by atoms with Gasteiger partial charge in [-0.05, 0) is 35.4 Å². The standard InChI is InChI=1S/C17H15N3O2/c1-22-16-6-4-13(5-7-16)9-15(10-18)17(21)20-12-14-3-2-8-19-11-14/h2-9,11H,12H2,1H3,(H,20,21)/b15-9+. The Labute approximate surface area is 128 Å². The fourth-order valence-corrected chi connectivity index (χ4v) is 1.80. The molecule has 0 aliphatic rings. The van der Waals surface area contributed by atoms with E-state index in [-0.39, 0.29) is 5.57 Å². The highest BCUT2D eigenvalue weighted by molar-refractivity contribution is 6.01. The third-order valence-corrected chi connectivity index (χ3v) is 2.97. The normalized spacial score (nSPS) is 10.6. The molecule has 0 atom stereocenters. The number of aromatic nitrogens is 1. The largest absolute Gasteiger partial charge is 0.497 e. The zero-order valence-corrected chi connectivity index (χ0v) is 12.1. The van der Waals surface area contributed by atoms with Gasteiger partial charge >= 0.3 is 0 Å². The van der Waals surface area contributed by atoms with Crippen LogP contribution in [-0.4, -0.2) is 18.0 Å². The lowest BCUT2D eigenvalue weighted by Crippen LogP contribution is -2.23. The fraction of sp³-hybridized carbons (Fsp3) is 0.118. The molecule has 2 rings (SSSR count). The van der Waals surface area contributed by atoms with E-state index in [9.17, 15) is 4.79 Å². The van der Waals surface area contributed by atoms with Gasteiger partial charge in [-0.2, -0.15) is 5.26 Å². The number of carbonyl (C=O) groups excluding carboxylic acids is 1. The van der Waals surface area contributed by atoms with E-state index < -0.39 is 5.91 Å². The first-order valence-corrected chi connectivity index (χ1v) is 6.66. The van der Waals surface area contributed by atoms with E-state index in [1.807, 2.05) is 12.1 Å². The molecule has 1 aromatic carbocycles. The van der Waals surface area contributed by atoms with Crippen LogP contribution < -0.4 is 10.1 Å². The number of amides is 1. The van der Waals surface area contributed by atoms with Crippen LogP contribution in [0.25, 0.3) is 6.08 Å². The van der Waals surface area contributed by atoms with Crippen LogP contribution in [0.5, 0.6) is 5.75 Å². The van der Waals surface area contributed by atoms with Gasteiger partial charge in [0, 0.05) is 18.9 Å². The maximum absolute atomic E-state index is 12.0. The van der Waals surface area contributed by atoms with Crippen LogP contribution in [0.15, 0.2) is 54.4 Å². The molecule has 2 aromatic rings. The number of hydrogen-bond acceptors (Lipinski definition) is 4. The molecular formula is C17H15N3O2. The van der Waals surface area contributed by atoms with Crippen LogP contribution >= 0.6 is 0 Å². The highest BCUT2D eigenvalue weighted by Gasteiger charge is 2.08. The van der Waals surface area contributed by atoms with Crippen molar-refractivity contribution < 1.29 is 9.53 Å². The van der Waals surface area contributed by atoms with E-state index >= 15 is 0 Å². The minimum atomic E-state index is -0.415. The first-order valence-electron chi connectivity index (χ1n) is 6.66. The van der Waals surface area contributed by atoms with Gasteiger partial charge in [-0.15, -0.1) is 0 Å². The highest BCUT2D eigenvalue weighted by atomic mass is 16.5. The van der Waals surface area contributed by atoms with Crippen molar-refractivity contribution in [1.29, 1.82) is 5.26 Å².